The van der Waals surface area contributed by atoms with E-state index in [1.807, 2.05) is 6.08 Å². The number of esters is 1. The Morgan fingerprint density at radius 2 is 1.26 bits per heavy atom. The second-order valence-corrected chi connectivity index (χ2v) is 10.2. The summed E-state index contributed by atoms with van der Waals surface area (Å²) in [6.45, 7) is 16.7. The molecular weight excluding hydrogens is 472 g/mol. The molecule has 0 aliphatic carbocycles. The molecule has 3 aromatic heterocycles. The molecule has 5 rings (SSSR count). The predicted octanol–water partition coefficient (Wildman–Crippen LogP) is 7.58. The highest BCUT2D eigenvalue weighted by Gasteiger charge is 2.18. The zero-order chi connectivity index (χ0) is 27.3. The molecule has 5 heterocycles. The number of H-pyrrole nitrogens is 2. The van der Waals surface area contributed by atoms with Gasteiger partial charge in [-0.15, -0.1) is 0 Å². The molecule has 6 heteroatoms. The van der Waals surface area contributed by atoms with Gasteiger partial charge in [0, 0.05) is 34.1 Å². The van der Waals surface area contributed by atoms with Gasteiger partial charge in [0.2, 0.25) is 0 Å². The number of fused-ring (bicyclic) bond motifs is 8. The van der Waals surface area contributed by atoms with E-state index in [-0.39, 0.29) is 5.97 Å². The van der Waals surface area contributed by atoms with Gasteiger partial charge >= 0.3 is 5.97 Å². The van der Waals surface area contributed by atoms with Crippen molar-refractivity contribution in [2.24, 2.45) is 0 Å². The van der Waals surface area contributed by atoms with Crippen LogP contribution in [0.5, 0.6) is 0 Å². The summed E-state index contributed by atoms with van der Waals surface area (Å²) in [6, 6.07) is 8.43. The number of aromatic nitrogens is 4. The van der Waals surface area contributed by atoms with Gasteiger partial charge in [-0.1, -0.05) is 12.7 Å². The number of aryl methyl sites for hydroxylation is 3. The third-order valence-corrected chi connectivity index (χ3v) is 8.10. The molecule has 194 valence electrons. The van der Waals surface area contributed by atoms with Crippen LogP contribution in [0.15, 0.2) is 30.8 Å². The van der Waals surface area contributed by atoms with Crippen molar-refractivity contribution in [2.45, 2.75) is 54.4 Å². The highest BCUT2D eigenvalue weighted by molar-refractivity contribution is 5.95. The molecule has 0 amide bonds. The number of rotatable bonds is 4. The lowest BCUT2D eigenvalue weighted by Crippen LogP contribution is -2.02. The monoisotopic (exact) mass is 506 g/mol. The molecule has 0 spiro atoms. The van der Waals surface area contributed by atoms with Gasteiger partial charge in [-0.2, -0.15) is 0 Å². The molecule has 0 aromatic carbocycles. The number of aromatic amines is 2. The first-order valence-electron chi connectivity index (χ1n) is 12.9. The van der Waals surface area contributed by atoms with Gasteiger partial charge in [0.25, 0.3) is 0 Å². The SMILES string of the molecule is C=Cc1c(C)c2cc3nc(cc4nc(cc5[nH]c(cc1[nH]2)c(C)c5CCC(=O)OC)C(C)=C4C)C(C)=C3C. The summed E-state index contributed by atoms with van der Waals surface area (Å²) in [5.41, 5.74) is 16.6. The maximum absolute atomic E-state index is 12.0. The Hall–Kier alpha value is -4.19. The normalized spacial score (nSPS) is 13.3. The third kappa shape index (κ3) is 4.20. The summed E-state index contributed by atoms with van der Waals surface area (Å²) in [7, 11) is 1.43. The van der Waals surface area contributed by atoms with E-state index in [1.165, 1.54) is 7.11 Å². The molecule has 38 heavy (non-hydrogen) atoms. The van der Waals surface area contributed by atoms with Crippen LogP contribution in [-0.4, -0.2) is 33.0 Å². The fraction of sp³-hybridized carbons (Fsp3) is 0.281. The summed E-state index contributed by atoms with van der Waals surface area (Å²) in [4.78, 5) is 29.2. The van der Waals surface area contributed by atoms with Crippen molar-refractivity contribution >= 4 is 56.4 Å². The second-order valence-electron chi connectivity index (χ2n) is 10.2. The van der Waals surface area contributed by atoms with E-state index in [0.717, 1.165) is 89.4 Å². The lowest BCUT2D eigenvalue weighted by Gasteiger charge is -2.01. The van der Waals surface area contributed by atoms with Gasteiger partial charge in [0.05, 0.1) is 29.9 Å². The van der Waals surface area contributed by atoms with E-state index >= 15 is 0 Å². The molecule has 2 N–H and O–H groups in total. The average molecular weight is 507 g/mol. The highest BCUT2D eigenvalue weighted by atomic mass is 16.5. The topological polar surface area (TPSA) is 83.7 Å². The number of methoxy groups -OCH3 is 1. The first-order valence-corrected chi connectivity index (χ1v) is 12.9. The number of carbonyl (C=O) groups is 1. The van der Waals surface area contributed by atoms with Crippen molar-refractivity contribution in [1.29, 1.82) is 0 Å². The molecular formula is C32H34N4O2. The smallest absolute Gasteiger partial charge is 0.305 e. The van der Waals surface area contributed by atoms with Gasteiger partial charge < -0.3 is 14.7 Å². The first-order chi connectivity index (χ1) is 18.1. The highest BCUT2D eigenvalue weighted by Crippen LogP contribution is 2.34. The Balaban J connectivity index is 1.92. The zero-order valence-electron chi connectivity index (χ0n) is 23.2. The molecule has 0 unspecified atom stereocenters. The van der Waals surface area contributed by atoms with E-state index < -0.39 is 0 Å². The molecule has 0 saturated carbocycles. The van der Waals surface area contributed by atoms with Crippen LogP contribution in [-0.2, 0) is 16.0 Å². The quantitative estimate of drug-likeness (QED) is 0.357. The van der Waals surface area contributed by atoms with Gasteiger partial charge in [-0.3, -0.25) is 4.79 Å². The summed E-state index contributed by atoms with van der Waals surface area (Å²) in [6.07, 6.45) is 2.77. The second kappa shape index (κ2) is 9.60. The predicted molar refractivity (Wildman–Crippen MR) is 157 cm³/mol. The summed E-state index contributed by atoms with van der Waals surface area (Å²) in [5.74, 6) is -0.225. The van der Waals surface area contributed by atoms with Gasteiger partial charge in [0.1, 0.15) is 0 Å². The summed E-state index contributed by atoms with van der Waals surface area (Å²) >= 11 is 0. The Morgan fingerprint density at radius 1 is 0.763 bits per heavy atom. The lowest BCUT2D eigenvalue weighted by molar-refractivity contribution is -0.140. The van der Waals surface area contributed by atoms with Crippen molar-refractivity contribution in [3.05, 3.63) is 75.9 Å². The van der Waals surface area contributed by atoms with E-state index in [9.17, 15) is 4.79 Å². The Morgan fingerprint density at radius 3 is 1.82 bits per heavy atom. The van der Waals surface area contributed by atoms with Crippen LogP contribution in [0, 0.1) is 13.8 Å². The molecule has 0 saturated heterocycles. The van der Waals surface area contributed by atoms with E-state index in [0.29, 0.717) is 12.8 Å². The maximum atomic E-state index is 12.0. The minimum Gasteiger partial charge on any atom is -0.469 e. The fourth-order valence-corrected chi connectivity index (χ4v) is 5.24. The summed E-state index contributed by atoms with van der Waals surface area (Å²) < 4.78 is 4.92. The largest absolute Gasteiger partial charge is 0.469 e. The van der Waals surface area contributed by atoms with E-state index in [1.54, 1.807) is 0 Å². The van der Waals surface area contributed by atoms with E-state index in [4.69, 9.17) is 14.7 Å². The van der Waals surface area contributed by atoms with Crippen molar-refractivity contribution in [3.8, 4) is 0 Å². The number of nitrogens with zero attached hydrogens (tertiary/aromatic N) is 2. The number of hydrogen-bond donors (Lipinski definition) is 2. The van der Waals surface area contributed by atoms with Crippen molar-refractivity contribution in [3.63, 3.8) is 0 Å². The molecule has 8 bridgehead atoms. The van der Waals surface area contributed by atoms with Crippen LogP contribution < -0.4 is 0 Å². The van der Waals surface area contributed by atoms with Crippen LogP contribution in [0.1, 0.15) is 79.1 Å². The Kier molecular flexibility index (Phi) is 6.43. The van der Waals surface area contributed by atoms with Crippen LogP contribution in [0.3, 0.4) is 0 Å². The number of hydrogen-bond acceptors (Lipinski definition) is 4. The lowest BCUT2D eigenvalue weighted by atomic mass is 10.0. The Bertz CT molecular complexity index is 1740. The third-order valence-electron chi connectivity index (χ3n) is 8.10. The molecule has 0 atom stereocenters. The van der Waals surface area contributed by atoms with Crippen molar-refractivity contribution in [1.82, 2.24) is 19.9 Å². The standard InChI is InChI=1S/C32H34N4O2/c1-9-22-20(6)28-13-26-17(3)16(2)24(33-26)12-25-18(4)19(5)27(34-25)14-31-23(10-11-32(37)38-8)21(7)29(36-31)15-30(22)35-28/h9,12-15,35-36H,1,10-11H2,2-8H3. The van der Waals surface area contributed by atoms with Crippen LogP contribution in [0.25, 0.3) is 50.4 Å². The molecule has 6 nitrogen and oxygen atoms in total. The maximum Gasteiger partial charge on any atom is 0.305 e. The minimum absolute atomic E-state index is 0.225. The fourth-order valence-electron chi connectivity index (χ4n) is 5.24. The van der Waals surface area contributed by atoms with Crippen LogP contribution >= 0.6 is 0 Å². The van der Waals surface area contributed by atoms with Gasteiger partial charge in [-0.25, -0.2) is 9.97 Å². The molecule has 2 aliphatic heterocycles. The number of ether oxygens (including phenoxy) is 1. The molecule has 0 radical (unpaired) electrons. The van der Waals surface area contributed by atoms with Gasteiger partial charge in [0.15, 0.2) is 0 Å². The summed E-state index contributed by atoms with van der Waals surface area (Å²) in [5, 5.41) is 0. The first kappa shape index (κ1) is 25.5. The zero-order valence-corrected chi connectivity index (χ0v) is 23.2. The van der Waals surface area contributed by atoms with Crippen LogP contribution in [0.4, 0.5) is 0 Å². The van der Waals surface area contributed by atoms with Gasteiger partial charge in [-0.05, 0) is 111 Å². The Labute approximate surface area is 223 Å². The van der Waals surface area contributed by atoms with Crippen molar-refractivity contribution < 1.29 is 9.53 Å². The molecule has 0 fully saturated rings. The minimum atomic E-state index is -0.225. The number of nitrogens with one attached hydrogen (secondary N) is 2. The molecule has 2 aliphatic rings. The molecule has 3 aromatic rings. The van der Waals surface area contributed by atoms with E-state index in [2.05, 4.69) is 82.4 Å². The average Bonchev–Trinajstić information content (AvgIpc) is 3.53. The number of carbonyl (C=O) groups excluding carboxylic acids is 1. The van der Waals surface area contributed by atoms with Crippen molar-refractivity contribution in [2.75, 3.05) is 7.11 Å². The number of allylic oxidation sites excluding steroid dienone is 4. The van der Waals surface area contributed by atoms with Crippen LogP contribution in [0.2, 0.25) is 0 Å².